The van der Waals surface area contributed by atoms with Gasteiger partial charge < -0.3 is 15.3 Å². The van der Waals surface area contributed by atoms with Crippen LogP contribution in [0.1, 0.15) is 74.0 Å². The van der Waals surface area contributed by atoms with Crippen LogP contribution in [0.4, 0.5) is 20.3 Å². The van der Waals surface area contributed by atoms with E-state index in [1.807, 2.05) is 4.90 Å². The molecule has 1 aliphatic heterocycles. The highest BCUT2D eigenvalue weighted by Gasteiger charge is 2.27. The van der Waals surface area contributed by atoms with Gasteiger partial charge in [-0.15, -0.1) is 0 Å². The van der Waals surface area contributed by atoms with Crippen LogP contribution in [0.5, 0.6) is 0 Å². The summed E-state index contributed by atoms with van der Waals surface area (Å²) in [6.07, 6.45) is 7.03. The maximum Gasteiger partial charge on any atom is 0.284 e. The first kappa shape index (κ1) is 22.7. The highest BCUT2D eigenvalue weighted by Crippen LogP contribution is 2.36. The van der Waals surface area contributed by atoms with Crippen molar-refractivity contribution in [1.82, 2.24) is 24.4 Å². The Labute approximate surface area is 195 Å². The van der Waals surface area contributed by atoms with Crippen molar-refractivity contribution < 1.29 is 18.7 Å². The van der Waals surface area contributed by atoms with Crippen LogP contribution in [0.2, 0.25) is 0 Å². The van der Waals surface area contributed by atoms with Gasteiger partial charge in [0, 0.05) is 25.5 Å². The monoisotopic (exact) mass is 473 g/mol. The Balaban J connectivity index is 1.38. The van der Waals surface area contributed by atoms with Gasteiger partial charge in [0.25, 0.3) is 12.3 Å². The van der Waals surface area contributed by atoms with Gasteiger partial charge in [-0.25, -0.2) is 18.3 Å². The molecule has 0 radical (unpaired) electrons. The fourth-order valence-corrected chi connectivity index (χ4v) is 5.00. The van der Waals surface area contributed by atoms with Crippen molar-refractivity contribution in [2.45, 2.75) is 64.0 Å². The number of anilines is 2. The third-order valence-electron chi connectivity index (χ3n) is 7.07. The summed E-state index contributed by atoms with van der Waals surface area (Å²) in [5, 5.41) is 20.7. The minimum absolute atomic E-state index is 0.00999. The summed E-state index contributed by atoms with van der Waals surface area (Å²) in [4.78, 5) is 19.6. The largest absolute Gasteiger partial charge is 0.391 e. The van der Waals surface area contributed by atoms with Gasteiger partial charge in [-0.1, -0.05) is 13.3 Å². The van der Waals surface area contributed by atoms with Gasteiger partial charge in [-0.3, -0.25) is 9.48 Å². The molecule has 3 aromatic rings. The van der Waals surface area contributed by atoms with E-state index in [9.17, 15) is 18.7 Å². The first-order valence-corrected chi connectivity index (χ1v) is 11.9. The maximum atomic E-state index is 13.7. The number of aliphatic hydroxyl groups is 1. The molecule has 9 nitrogen and oxygen atoms in total. The minimum Gasteiger partial charge on any atom is -0.391 e. The number of carbonyl (C=O) groups is 1. The number of amides is 1. The van der Waals surface area contributed by atoms with Crippen LogP contribution in [0.3, 0.4) is 0 Å². The fourth-order valence-electron chi connectivity index (χ4n) is 5.00. The van der Waals surface area contributed by atoms with Gasteiger partial charge in [-0.2, -0.15) is 10.2 Å². The van der Waals surface area contributed by atoms with Gasteiger partial charge >= 0.3 is 0 Å². The van der Waals surface area contributed by atoms with Crippen LogP contribution in [0, 0.1) is 5.92 Å². The number of β-amino-alcohol motifs (C(OH)–C–C–N with tert-alkyl or cyclic N) is 1. The van der Waals surface area contributed by atoms with Crippen molar-refractivity contribution >= 4 is 23.1 Å². The fraction of sp³-hybridized carbons (Fsp3) is 0.565. The molecule has 5 rings (SSSR count). The summed E-state index contributed by atoms with van der Waals surface area (Å²) in [6.45, 7) is 3.31. The quantitative estimate of drug-likeness (QED) is 0.564. The van der Waals surface area contributed by atoms with Crippen LogP contribution in [-0.2, 0) is 0 Å². The summed E-state index contributed by atoms with van der Waals surface area (Å²) in [7, 11) is 0. The first-order valence-electron chi connectivity index (χ1n) is 11.9. The topological polar surface area (TPSA) is 101 Å². The number of aliphatic hydroxyl groups excluding tert-OH is 1. The number of alkyl halides is 2. The molecule has 0 unspecified atom stereocenters. The number of rotatable bonds is 6. The van der Waals surface area contributed by atoms with Gasteiger partial charge in [0.05, 0.1) is 24.0 Å². The molecular formula is C23H29F2N7O2. The van der Waals surface area contributed by atoms with Crippen molar-refractivity contribution in [3.05, 3.63) is 35.9 Å². The molecule has 2 aliphatic rings. The molecule has 34 heavy (non-hydrogen) atoms. The van der Waals surface area contributed by atoms with E-state index in [2.05, 4.69) is 27.4 Å². The standard InChI is InChI=1S/C23H29F2N7O2/c1-2-14-3-5-15(6-4-14)32-13-18(20(29-32)21(24)25)27-23(34)17-11-26-31-10-8-19(28-22(17)31)30-9-7-16(33)12-30/h8,10-11,13-16,21,33H,2-7,9,12H2,1H3,(H,27,34)/t14-,15-,16-/m0/s1. The second-order valence-corrected chi connectivity index (χ2v) is 9.25. The van der Waals surface area contributed by atoms with Gasteiger partial charge in [0.15, 0.2) is 11.3 Å². The van der Waals surface area contributed by atoms with Crippen LogP contribution >= 0.6 is 0 Å². The Morgan fingerprint density at radius 3 is 2.74 bits per heavy atom. The number of nitrogens with zero attached hydrogens (tertiary/aromatic N) is 6. The Bertz CT molecular complexity index is 1170. The molecule has 11 heteroatoms. The molecule has 4 heterocycles. The average Bonchev–Trinajstić information content (AvgIpc) is 3.56. The summed E-state index contributed by atoms with van der Waals surface area (Å²) in [5.74, 6) is 0.733. The van der Waals surface area contributed by atoms with Crippen LogP contribution in [-0.4, -0.2) is 54.6 Å². The summed E-state index contributed by atoms with van der Waals surface area (Å²) >= 11 is 0. The predicted octanol–water partition coefficient (Wildman–Crippen LogP) is 3.83. The van der Waals surface area contributed by atoms with E-state index < -0.39 is 24.1 Å². The van der Waals surface area contributed by atoms with E-state index in [4.69, 9.17) is 0 Å². The number of hydrogen-bond acceptors (Lipinski definition) is 6. The number of halogens is 2. The van der Waals surface area contributed by atoms with E-state index in [1.165, 1.54) is 16.9 Å². The number of carbonyl (C=O) groups excluding carboxylic acids is 1. The average molecular weight is 474 g/mol. The normalized spacial score (nSPS) is 23.2. The van der Waals surface area contributed by atoms with Crippen molar-refractivity contribution in [3.63, 3.8) is 0 Å². The van der Waals surface area contributed by atoms with Crippen LogP contribution in [0.15, 0.2) is 24.7 Å². The molecule has 1 aliphatic carbocycles. The van der Waals surface area contributed by atoms with Crippen molar-refractivity contribution in [2.75, 3.05) is 23.3 Å². The molecule has 3 aromatic heterocycles. The molecule has 182 valence electrons. The van der Waals surface area contributed by atoms with E-state index in [1.54, 1.807) is 16.9 Å². The van der Waals surface area contributed by atoms with Gasteiger partial charge in [0.2, 0.25) is 0 Å². The molecule has 1 saturated heterocycles. The lowest BCUT2D eigenvalue weighted by Crippen LogP contribution is -2.22. The zero-order valence-corrected chi connectivity index (χ0v) is 19.1. The lowest BCUT2D eigenvalue weighted by Gasteiger charge is -2.27. The molecule has 0 aromatic carbocycles. The number of nitrogens with one attached hydrogen (secondary N) is 1. The molecule has 0 bridgehead atoms. The van der Waals surface area contributed by atoms with Crippen molar-refractivity contribution in [2.24, 2.45) is 5.92 Å². The molecule has 2 N–H and O–H groups in total. The molecule has 1 saturated carbocycles. The van der Waals surface area contributed by atoms with Crippen molar-refractivity contribution in [3.8, 4) is 0 Å². The number of hydrogen-bond donors (Lipinski definition) is 2. The first-order chi connectivity index (χ1) is 16.4. The third-order valence-corrected chi connectivity index (χ3v) is 7.07. The van der Waals surface area contributed by atoms with E-state index in [0.717, 1.165) is 32.1 Å². The molecule has 1 atom stereocenters. The molecule has 1 amide bonds. The lowest BCUT2D eigenvalue weighted by molar-refractivity contribution is 0.102. The third kappa shape index (κ3) is 4.36. The van der Waals surface area contributed by atoms with E-state index in [-0.39, 0.29) is 17.3 Å². The Morgan fingerprint density at radius 2 is 2.06 bits per heavy atom. The van der Waals surface area contributed by atoms with Gasteiger partial charge in [0.1, 0.15) is 11.4 Å². The highest BCUT2D eigenvalue weighted by molar-refractivity contribution is 6.08. The van der Waals surface area contributed by atoms with E-state index >= 15 is 0 Å². The van der Waals surface area contributed by atoms with E-state index in [0.29, 0.717) is 36.9 Å². The summed E-state index contributed by atoms with van der Waals surface area (Å²) in [5.41, 5.74) is 0.0798. The Kier molecular flexibility index (Phi) is 6.20. The highest BCUT2D eigenvalue weighted by atomic mass is 19.3. The summed E-state index contributed by atoms with van der Waals surface area (Å²) in [6, 6.07) is 1.83. The zero-order chi connectivity index (χ0) is 23.8. The molecule has 2 fully saturated rings. The SMILES string of the molecule is CC[C@H]1CC[C@H](n2cc(NC(=O)c3cnn4ccc(N5CC[C@H](O)C5)nc34)c(C(F)F)n2)CC1. The maximum absolute atomic E-state index is 13.7. The lowest BCUT2D eigenvalue weighted by atomic mass is 9.85. The van der Waals surface area contributed by atoms with Gasteiger partial charge in [-0.05, 0) is 44.1 Å². The molecular weight excluding hydrogens is 444 g/mol. The van der Waals surface area contributed by atoms with Crippen LogP contribution < -0.4 is 10.2 Å². The Morgan fingerprint density at radius 1 is 1.26 bits per heavy atom. The van der Waals surface area contributed by atoms with Crippen molar-refractivity contribution in [1.29, 1.82) is 0 Å². The van der Waals surface area contributed by atoms with Crippen LogP contribution in [0.25, 0.3) is 5.65 Å². The second kappa shape index (κ2) is 9.28. The zero-order valence-electron chi connectivity index (χ0n) is 19.1. The minimum atomic E-state index is -2.81. The second-order valence-electron chi connectivity index (χ2n) is 9.25. The molecule has 0 spiro atoms. The smallest absolute Gasteiger partial charge is 0.284 e. The number of aromatic nitrogens is 5. The predicted molar refractivity (Wildman–Crippen MR) is 122 cm³/mol. The summed E-state index contributed by atoms with van der Waals surface area (Å²) < 4.78 is 30.6. The number of fused-ring (bicyclic) bond motifs is 1. The Hall–Kier alpha value is -3.08.